The van der Waals surface area contributed by atoms with Crippen LogP contribution in [0.1, 0.15) is 19.4 Å². The van der Waals surface area contributed by atoms with Gasteiger partial charge >= 0.3 is 0 Å². The minimum absolute atomic E-state index is 0.0920. The Bertz CT molecular complexity index is 635. The Morgan fingerprint density at radius 2 is 1.90 bits per heavy atom. The van der Waals surface area contributed by atoms with Gasteiger partial charge in [-0.3, -0.25) is 0 Å². The van der Waals surface area contributed by atoms with Crippen molar-refractivity contribution >= 4 is 5.69 Å². The highest BCUT2D eigenvalue weighted by Crippen LogP contribution is 2.28. The molecule has 0 radical (unpaired) electrons. The van der Waals surface area contributed by atoms with Crippen LogP contribution in [0, 0.1) is 17.9 Å². The highest BCUT2D eigenvalue weighted by molar-refractivity contribution is 5.55. The number of rotatable bonds is 2. The molecule has 1 N–H and O–H groups in total. The number of phenols is 1. The first-order valence-electron chi connectivity index (χ1n) is 6.11. The summed E-state index contributed by atoms with van der Waals surface area (Å²) in [4.78, 5) is 3.27. The van der Waals surface area contributed by atoms with Gasteiger partial charge in [0.05, 0.1) is 12.6 Å². The number of ether oxygens (including phenoxy) is 1. The summed E-state index contributed by atoms with van der Waals surface area (Å²) < 4.78 is 5.49. The first-order chi connectivity index (χ1) is 9.71. The summed E-state index contributed by atoms with van der Waals surface area (Å²) in [5.74, 6) is 0.931. The van der Waals surface area contributed by atoms with Crippen molar-refractivity contribution in [3.63, 3.8) is 0 Å². The van der Waals surface area contributed by atoms with E-state index in [-0.39, 0.29) is 5.75 Å². The monoisotopic (exact) mass is 266 g/mol. The summed E-state index contributed by atoms with van der Waals surface area (Å²) in [7, 11) is 0. The van der Waals surface area contributed by atoms with Crippen LogP contribution in [0.3, 0.4) is 0 Å². The number of nitrogens with zero attached hydrogens (tertiary/aromatic N) is 2. The lowest BCUT2D eigenvalue weighted by Gasteiger charge is -2.06. The molecule has 0 heterocycles. The van der Waals surface area contributed by atoms with Gasteiger partial charge < -0.3 is 9.84 Å². The Morgan fingerprint density at radius 3 is 2.50 bits per heavy atom. The Hall–Kier alpha value is -2.98. The molecule has 2 aromatic rings. The van der Waals surface area contributed by atoms with Crippen molar-refractivity contribution in [2.45, 2.75) is 13.8 Å². The number of phenolic OH excluding ortho intramolecular Hbond substituents is 1. The molecule has 0 bridgehead atoms. The van der Waals surface area contributed by atoms with E-state index in [1.165, 1.54) is 24.3 Å². The largest absolute Gasteiger partial charge is 0.508 e. The predicted molar refractivity (Wildman–Crippen MR) is 76.9 cm³/mol. The summed E-state index contributed by atoms with van der Waals surface area (Å²) in [6, 6.07) is 12.8. The summed E-state index contributed by atoms with van der Waals surface area (Å²) >= 11 is 0. The van der Waals surface area contributed by atoms with Crippen molar-refractivity contribution < 1.29 is 9.84 Å². The second-order valence-electron chi connectivity index (χ2n) is 3.54. The fourth-order valence-corrected chi connectivity index (χ4v) is 1.45. The molecule has 4 heteroatoms. The molecule has 0 atom stereocenters. The molecule has 0 amide bonds. The molecule has 20 heavy (non-hydrogen) atoms. The Kier molecular flexibility index (Phi) is 5.62. The Labute approximate surface area is 118 Å². The van der Waals surface area contributed by atoms with E-state index in [1.54, 1.807) is 18.2 Å². The molecule has 2 aromatic carbocycles. The third kappa shape index (κ3) is 4.04. The highest BCUT2D eigenvalue weighted by Gasteiger charge is 2.03. The van der Waals surface area contributed by atoms with Crippen molar-refractivity contribution in [2.24, 2.45) is 0 Å². The van der Waals surface area contributed by atoms with E-state index in [9.17, 15) is 5.11 Å². The third-order valence-corrected chi connectivity index (χ3v) is 2.20. The second-order valence-corrected chi connectivity index (χ2v) is 3.54. The summed E-state index contributed by atoms with van der Waals surface area (Å²) in [5.41, 5.74) is 0.697. The Morgan fingerprint density at radius 1 is 1.15 bits per heavy atom. The maximum Gasteiger partial charge on any atom is 0.192 e. The number of aromatic hydroxyl groups is 1. The number of hydrogen-bond donors (Lipinski definition) is 1. The predicted octanol–water partition coefficient (Wildman–Crippen LogP) is 4.63. The van der Waals surface area contributed by atoms with Crippen LogP contribution in [-0.4, -0.2) is 5.11 Å². The normalized spacial score (nSPS) is 8.60. The minimum atomic E-state index is 0.0920. The van der Waals surface area contributed by atoms with Crippen molar-refractivity contribution in [3.05, 3.63) is 59.4 Å². The van der Waals surface area contributed by atoms with Crippen LogP contribution < -0.4 is 4.74 Å². The van der Waals surface area contributed by atoms with Gasteiger partial charge in [-0.15, -0.1) is 0 Å². The van der Waals surface area contributed by atoms with Gasteiger partial charge in [0.25, 0.3) is 0 Å². The highest BCUT2D eigenvalue weighted by atomic mass is 16.5. The molecule has 2 rings (SSSR count). The molecule has 0 unspecified atom stereocenters. The molecule has 0 saturated carbocycles. The fourth-order valence-electron chi connectivity index (χ4n) is 1.45. The molecule has 4 nitrogen and oxygen atoms in total. The zero-order valence-electron chi connectivity index (χ0n) is 11.3. The van der Waals surface area contributed by atoms with Crippen LogP contribution in [0.4, 0.5) is 5.69 Å². The average Bonchev–Trinajstić information content (AvgIpc) is 2.49. The zero-order chi connectivity index (χ0) is 15.0. The van der Waals surface area contributed by atoms with Crippen molar-refractivity contribution in [1.82, 2.24) is 0 Å². The summed E-state index contributed by atoms with van der Waals surface area (Å²) in [5, 5.41) is 18.2. The van der Waals surface area contributed by atoms with Crippen LogP contribution >= 0.6 is 0 Å². The van der Waals surface area contributed by atoms with Gasteiger partial charge in [-0.1, -0.05) is 19.9 Å². The van der Waals surface area contributed by atoms with Gasteiger partial charge in [0.1, 0.15) is 17.2 Å². The van der Waals surface area contributed by atoms with Crippen molar-refractivity contribution in [3.8, 4) is 23.3 Å². The van der Waals surface area contributed by atoms with Crippen LogP contribution in [0.15, 0.2) is 42.5 Å². The minimum Gasteiger partial charge on any atom is -0.508 e. The molecule has 0 aliphatic carbocycles. The van der Waals surface area contributed by atoms with Gasteiger partial charge in [-0.05, 0) is 30.3 Å². The molecule has 0 aliphatic heterocycles. The summed E-state index contributed by atoms with van der Waals surface area (Å²) in [6.45, 7) is 10.9. The third-order valence-electron chi connectivity index (χ3n) is 2.20. The maximum atomic E-state index is 9.31. The van der Waals surface area contributed by atoms with E-state index in [4.69, 9.17) is 16.6 Å². The lowest BCUT2D eigenvalue weighted by molar-refractivity contribution is 0.455. The van der Waals surface area contributed by atoms with Crippen LogP contribution in [0.5, 0.6) is 17.2 Å². The van der Waals surface area contributed by atoms with E-state index < -0.39 is 0 Å². The second kappa shape index (κ2) is 7.45. The SMILES string of the molecule is CC.[C-]#[N+]c1cc(C#N)cc(Oc2cccc(O)c2)c1. The molecular weight excluding hydrogens is 252 g/mol. The molecule has 0 saturated heterocycles. The topological polar surface area (TPSA) is 57.6 Å². The first-order valence-corrected chi connectivity index (χ1v) is 6.11. The van der Waals surface area contributed by atoms with E-state index in [2.05, 4.69) is 4.85 Å². The van der Waals surface area contributed by atoms with E-state index in [1.807, 2.05) is 19.9 Å². The quantitative estimate of drug-likeness (QED) is 0.806. The molecular formula is C16H14N2O2. The molecule has 0 spiro atoms. The Balaban J connectivity index is 0.000000956. The lowest BCUT2D eigenvalue weighted by Crippen LogP contribution is -1.85. The molecule has 100 valence electrons. The van der Waals surface area contributed by atoms with Gasteiger partial charge in [-0.25, -0.2) is 4.85 Å². The zero-order valence-corrected chi connectivity index (χ0v) is 11.3. The van der Waals surface area contributed by atoms with Crippen molar-refractivity contribution in [1.29, 1.82) is 5.26 Å². The molecule has 0 fully saturated rings. The van der Waals surface area contributed by atoms with Crippen LogP contribution in [0.25, 0.3) is 4.85 Å². The number of hydrogen-bond acceptors (Lipinski definition) is 3. The van der Waals surface area contributed by atoms with E-state index in [0.29, 0.717) is 22.7 Å². The van der Waals surface area contributed by atoms with Gasteiger partial charge in [0, 0.05) is 11.6 Å². The molecule has 0 aromatic heterocycles. The van der Waals surface area contributed by atoms with Crippen molar-refractivity contribution in [2.75, 3.05) is 0 Å². The maximum absolute atomic E-state index is 9.31. The van der Waals surface area contributed by atoms with Gasteiger partial charge in [0.15, 0.2) is 5.69 Å². The lowest BCUT2D eigenvalue weighted by atomic mass is 10.2. The van der Waals surface area contributed by atoms with E-state index >= 15 is 0 Å². The molecule has 0 aliphatic rings. The number of benzene rings is 2. The van der Waals surface area contributed by atoms with Crippen LogP contribution in [-0.2, 0) is 0 Å². The first kappa shape index (κ1) is 15.1. The number of nitriles is 1. The van der Waals surface area contributed by atoms with E-state index in [0.717, 1.165) is 0 Å². The van der Waals surface area contributed by atoms with Gasteiger partial charge in [0.2, 0.25) is 0 Å². The van der Waals surface area contributed by atoms with Crippen LogP contribution in [0.2, 0.25) is 0 Å². The average molecular weight is 266 g/mol. The summed E-state index contributed by atoms with van der Waals surface area (Å²) in [6.07, 6.45) is 0. The van der Waals surface area contributed by atoms with Gasteiger partial charge in [-0.2, -0.15) is 5.26 Å². The standard InChI is InChI=1S/C14H8N2O2.C2H6/c1-16-11-5-10(9-15)6-14(7-11)18-13-4-2-3-12(17)8-13;1-2/h2-8,17H;1-2H3. The fraction of sp³-hybridized carbons (Fsp3) is 0.125. The smallest absolute Gasteiger partial charge is 0.192 e.